The third-order valence-electron chi connectivity index (χ3n) is 5.83. The Morgan fingerprint density at radius 1 is 1.19 bits per heavy atom. The number of ether oxygens (including phenoxy) is 2. The van der Waals surface area contributed by atoms with Gasteiger partial charge < -0.3 is 0 Å². The first kappa shape index (κ1) is 27.9. The van der Waals surface area contributed by atoms with Crippen molar-refractivity contribution >= 4 is 48.6 Å². The van der Waals surface area contributed by atoms with Crippen LogP contribution in [0, 0.1) is 16.7 Å². The summed E-state index contributed by atoms with van der Waals surface area (Å²) in [5.41, 5.74) is 3.36. The molecule has 0 saturated heterocycles. The SMILES string of the molecule is CCCSc1ccc(C2=[P+]=C(C(C#N)(CCC)CCCC(=O)OCc3ccccc3)O2)cc1NC=O. The van der Waals surface area contributed by atoms with Gasteiger partial charge in [-0.25, -0.2) is 0 Å². The molecule has 2 aromatic carbocycles. The van der Waals surface area contributed by atoms with E-state index in [1.165, 1.54) is 0 Å². The maximum absolute atomic E-state index is 12.2. The van der Waals surface area contributed by atoms with Crippen molar-refractivity contribution in [2.24, 2.45) is 5.41 Å². The van der Waals surface area contributed by atoms with Crippen molar-refractivity contribution in [3.8, 4) is 6.07 Å². The molecule has 0 aromatic heterocycles. The second kappa shape index (κ2) is 14.2. The zero-order valence-corrected chi connectivity index (χ0v) is 22.5. The molecular formula is C28H32N2O4PS+. The van der Waals surface area contributed by atoms with Crippen LogP contribution in [0.3, 0.4) is 0 Å². The molecular weight excluding hydrogens is 491 g/mol. The number of carbonyl (C=O) groups excluding carboxylic acids is 2. The summed E-state index contributed by atoms with van der Waals surface area (Å²) >= 11 is 1.70. The standard InChI is InChI=1S/C28H31N2O4PS/c1-3-14-28(19-29,15-8-11-25(32)33-18-21-9-6-5-7-10-21)27-34-26(35-27)22-12-13-24(36-16-4-2)23(17-22)30-20-31/h5-7,9-10,12-13,17,20H,3-4,8,11,14-16,18H2,1-2H3/p+1. The molecule has 36 heavy (non-hydrogen) atoms. The van der Waals surface area contributed by atoms with Gasteiger partial charge in [-0.2, -0.15) is 0 Å². The summed E-state index contributed by atoms with van der Waals surface area (Å²) in [5.74, 6) is 0.709. The molecule has 0 fully saturated rings. The van der Waals surface area contributed by atoms with Crippen LogP contribution in [0.4, 0.5) is 5.69 Å². The maximum atomic E-state index is 12.2. The van der Waals surface area contributed by atoms with Crippen LogP contribution >= 0.6 is 19.6 Å². The Labute approximate surface area is 218 Å². The van der Waals surface area contributed by atoms with Gasteiger partial charge in [0.2, 0.25) is 0 Å². The van der Waals surface area contributed by atoms with Crippen molar-refractivity contribution in [2.45, 2.75) is 63.9 Å². The van der Waals surface area contributed by atoms with Gasteiger partial charge in [0.25, 0.3) is 0 Å². The van der Waals surface area contributed by atoms with Crippen LogP contribution in [-0.2, 0) is 25.7 Å². The number of hydrogen-bond acceptors (Lipinski definition) is 6. The Bertz CT molecular complexity index is 1170. The molecule has 1 atom stereocenters. The van der Waals surface area contributed by atoms with Gasteiger partial charge in [0.05, 0.1) is 0 Å². The first-order valence-electron chi connectivity index (χ1n) is 12.3. The van der Waals surface area contributed by atoms with E-state index in [0.717, 1.165) is 59.1 Å². The second-order valence-corrected chi connectivity index (χ2v) is 10.8. The first-order valence-corrected chi connectivity index (χ1v) is 14.2. The molecule has 6 nitrogen and oxygen atoms in total. The predicted molar refractivity (Wildman–Crippen MR) is 147 cm³/mol. The van der Waals surface area contributed by atoms with Crippen molar-refractivity contribution < 1.29 is 19.1 Å². The van der Waals surface area contributed by atoms with Gasteiger partial charge >= 0.3 is 219 Å². The summed E-state index contributed by atoms with van der Waals surface area (Å²) in [5, 5.41) is 12.9. The normalized spacial score (nSPS) is 14.1. The van der Waals surface area contributed by atoms with Crippen LogP contribution < -0.4 is 5.32 Å². The summed E-state index contributed by atoms with van der Waals surface area (Å²) < 4.78 is 11.5. The molecule has 0 bridgehead atoms. The summed E-state index contributed by atoms with van der Waals surface area (Å²) in [6, 6.07) is 18.0. The monoisotopic (exact) mass is 523 g/mol. The van der Waals surface area contributed by atoms with E-state index < -0.39 is 5.41 Å². The van der Waals surface area contributed by atoms with Crippen molar-refractivity contribution in [1.29, 1.82) is 5.26 Å². The Hall–Kier alpha value is -2.65. The Morgan fingerprint density at radius 2 is 1.97 bits per heavy atom. The van der Waals surface area contributed by atoms with Crippen molar-refractivity contribution in [1.82, 2.24) is 0 Å². The molecule has 2 aromatic rings. The average molecular weight is 524 g/mol. The third-order valence-corrected chi connectivity index (χ3v) is 8.38. The Balaban J connectivity index is 1.68. The fourth-order valence-corrected chi connectivity index (χ4v) is 5.91. The summed E-state index contributed by atoms with van der Waals surface area (Å²) in [6.07, 6.45) is 4.58. The van der Waals surface area contributed by atoms with Crippen LogP contribution in [-0.4, -0.2) is 29.1 Å². The molecule has 1 amide bonds. The molecule has 1 N–H and O–H groups in total. The number of benzene rings is 2. The second-order valence-electron chi connectivity index (χ2n) is 8.59. The van der Waals surface area contributed by atoms with Gasteiger partial charge in [-0.15, -0.1) is 0 Å². The third kappa shape index (κ3) is 7.43. The number of nitriles is 1. The minimum atomic E-state index is -0.736. The number of esters is 1. The van der Waals surface area contributed by atoms with E-state index >= 15 is 0 Å². The number of nitrogens with zero attached hydrogens (tertiary/aromatic N) is 1. The van der Waals surface area contributed by atoms with E-state index in [-0.39, 0.29) is 19.0 Å². The molecule has 0 spiro atoms. The molecule has 0 aliphatic carbocycles. The quantitative estimate of drug-likeness (QED) is 0.123. The fourth-order valence-electron chi connectivity index (χ4n) is 3.97. The number of thioether (sulfide) groups is 1. The van der Waals surface area contributed by atoms with E-state index in [2.05, 4.69) is 18.3 Å². The van der Waals surface area contributed by atoms with Gasteiger partial charge in [-0.05, 0) is 0 Å². The Morgan fingerprint density at radius 3 is 2.64 bits per heavy atom. The van der Waals surface area contributed by atoms with Crippen molar-refractivity contribution in [3.05, 3.63) is 59.7 Å². The van der Waals surface area contributed by atoms with E-state index in [1.54, 1.807) is 11.8 Å². The van der Waals surface area contributed by atoms with Gasteiger partial charge in [-0.1, -0.05) is 0 Å². The van der Waals surface area contributed by atoms with Gasteiger partial charge in [0, 0.05) is 0 Å². The first-order chi connectivity index (χ1) is 17.5. The minimum absolute atomic E-state index is 0.256. The predicted octanol–water partition coefficient (Wildman–Crippen LogP) is 6.57. The molecule has 1 aliphatic heterocycles. The van der Waals surface area contributed by atoms with Crippen LogP contribution in [0.25, 0.3) is 0 Å². The zero-order chi connectivity index (χ0) is 25.8. The summed E-state index contributed by atoms with van der Waals surface area (Å²) in [4.78, 5) is 24.3. The van der Waals surface area contributed by atoms with Crippen LogP contribution in [0.1, 0.15) is 63.5 Å². The molecule has 3 rings (SSSR count). The number of amides is 1. The van der Waals surface area contributed by atoms with Gasteiger partial charge in [0.1, 0.15) is 0 Å². The molecule has 1 heterocycles. The van der Waals surface area contributed by atoms with Gasteiger partial charge in [-0.3, -0.25) is 0 Å². The number of rotatable bonds is 15. The molecule has 1 aliphatic rings. The van der Waals surface area contributed by atoms with Crippen LogP contribution in [0.15, 0.2) is 53.4 Å². The van der Waals surface area contributed by atoms with Crippen molar-refractivity contribution in [3.63, 3.8) is 0 Å². The molecule has 0 radical (unpaired) electrons. The molecule has 0 saturated carbocycles. The van der Waals surface area contributed by atoms with Crippen LogP contribution in [0.5, 0.6) is 0 Å². The average Bonchev–Trinajstić information content (AvgIpc) is 2.87. The number of anilines is 1. The number of hydrogen-bond donors (Lipinski definition) is 1. The van der Waals surface area contributed by atoms with Gasteiger partial charge in [0.15, 0.2) is 0 Å². The summed E-state index contributed by atoms with van der Waals surface area (Å²) in [6.45, 7) is 4.42. The van der Waals surface area contributed by atoms with Crippen molar-refractivity contribution in [2.75, 3.05) is 11.1 Å². The van der Waals surface area contributed by atoms with Crippen LogP contribution in [0.2, 0.25) is 0 Å². The number of carbonyl (C=O) groups is 2. The molecule has 1 unspecified atom stereocenters. The van der Waals surface area contributed by atoms with E-state index in [0.29, 0.717) is 25.7 Å². The Kier molecular flexibility index (Phi) is 11.0. The fraction of sp³-hybridized carbons (Fsp3) is 0.393. The molecule has 8 heteroatoms. The van der Waals surface area contributed by atoms with E-state index in [1.807, 2.05) is 55.5 Å². The zero-order valence-electron chi connectivity index (χ0n) is 20.8. The summed E-state index contributed by atoms with van der Waals surface area (Å²) in [7, 11) is 0.873. The van der Waals surface area contributed by atoms with E-state index in [4.69, 9.17) is 9.47 Å². The van der Waals surface area contributed by atoms with E-state index in [9.17, 15) is 14.9 Å². The number of nitrogens with one attached hydrogen (secondary N) is 1. The molecule has 188 valence electrons. The topological polar surface area (TPSA) is 88.4 Å².